The summed E-state index contributed by atoms with van der Waals surface area (Å²) in [5.41, 5.74) is -0.293. The highest BCUT2D eigenvalue weighted by Gasteiger charge is 2.36. The summed E-state index contributed by atoms with van der Waals surface area (Å²) in [4.78, 5) is 11.3. The number of ether oxygens (including phenoxy) is 2. The van der Waals surface area contributed by atoms with Gasteiger partial charge in [-0.1, -0.05) is 0 Å². The lowest BCUT2D eigenvalue weighted by Gasteiger charge is -2.14. The normalized spacial score (nSPS) is 14.7. The third-order valence-electron chi connectivity index (χ3n) is 2.96. The number of anilines is 1. The molecule has 20 heavy (non-hydrogen) atoms. The van der Waals surface area contributed by atoms with Crippen LogP contribution in [0.2, 0.25) is 0 Å². The van der Waals surface area contributed by atoms with Gasteiger partial charge in [0.05, 0.1) is 25.2 Å². The number of rotatable bonds is 6. The zero-order valence-corrected chi connectivity index (χ0v) is 11.9. The minimum absolute atomic E-state index is 0.0327. The van der Waals surface area contributed by atoms with Crippen molar-refractivity contribution in [1.82, 2.24) is 0 Å². The van der Waals surface area contributed by atoms with Crippen molar-refractivity contribution in [1.29, 1.82) is 0 Å². The molecule has 0 saturated heterocycles. The standard InChI is InChI=1S/C12H15NO6S/c1-18-7-5-9(13-20(16,17)8-3-4-8)11(12(14)15)10(6-7)19-2/h5-6,8,13H,3-4H2,1-2H3,(H,14,15). The van der Waals surface area contributed by atoms with Crippen LogP contribution >= 0.6 is 0 Å². The number of methoxy groups -OCH3 is 2. The summed E-state index contributed by atoms with van der Waals surface area (Å²) in [7, 11) is -0.867. The molecule has 0 atom stereocenters. The number of sulfonamides is 1. The van der Waals surface area contributed by atoms with Gasteiger partial charge in [-0.05, 0) is 12.8 Å². The van der Waals surface area contributed by atoms with Gasteiger partial charge in [-0.2, -0.15) is 0 Å². The molecule has 2 N–H and O–H groups in total. The first-order valence-corrected chi connectivity index (χ1v) is 7.44. The van der Waals surface area contributed by atoms with E-state index in [0.717, 1.165) is 0 Å². The van der Waals surface area contributed by atoms with E-state index in [1.54, 1.807) is 0 Å². The summed E-state index contributed by atoms with van der Waals surface area (Å²) in [5.74, 6) is -0.941. The Hall–Kier alpha value is -1.96. The molecular formula is C12H15NO6S. The Morgan fingerprint density at radius 1 is 1.30 bits per heavy atom. The van der Waals surface area contributed by atoms with Gasteiger partial charge in [0.1, 0.15) is 17.1 Å². The number of hydrogen-bond donors (Lipinski definition) is 2. The summed E-state index contributed by atoms with van der Waals surface area (Å²) in [5, 5.41) is 8.78. The molecule has 110 valence electrons. The summed E-state index contributed by atoms with van der Waals surface area (Å²) < 4.78 is 36.2. The fraction of sp³-hybridized carbons (Fsp3) is 0.417. The molecule has 1 saturated carbocycles. The van der Waals surface area contributed by atoms with Crippen molar-refractivity contribution in [2.75, 3.05) is 18.9 Å². The third-order valence-corrected chi connectivity index (χ3v) is 4.81. The Bertz CT molecular complexity index is 636. The zero-order valence-electron chi connectivity index (χ0n) is 11.0. The van der Waals surface area contributed by atoms with Gasteiger partial charge in [-0.3, -0.25) is 4.72 Å². The maximum Gasteiger partial charge on any atom is 0.341 e. The number of carboxylic acid groups (broad SMARTS) is 1. The van der Waals surface area contributed by atoms with E-state index in [1.165, 1.54) is 26.4 Å². The maximum atomic E-state index is 12.0. The molecule has 0 spiro atoms. The lowest BCUT2D eigenvalue weighted by atomic mass is 10.1. The van der Waals surface area contributed by atoms with Crippen LogP contribution in [0.25, 0.3) is 0 Å². The summed E-state index contributed by atoms with van der Waals surface area (Å²) in [6.07, 6.45) is 1.16. The first kappa shape index (κ1) is 14.4. The molecule has 0 aliphatic heterocycles. The SMILES string of the molecule is COc1cc(NS(=O)(=O)C2CC2)c(C(=O)O)c(OC)c1. The molecule has 0 unspecified atom stereocenters. The Morgan fingerprint density at radius 2 is 1.95 bits per heavy atom. The van der Waals surface area contributed by atoms with E-state index in [4.69, 9.17) is 9.47 Å². The first-order valence-electron chi connectivity index (χ1n) is 5.90. The molecule has 0 aromatic heterocycles. The Morgan fingerprint density at radius 3 is 2.40 bits per heavy atom. The fourth-order valence-corrected chi connectivity index (χ4v) is 3.18. The lowest BCUT2D eigenvalue weighted by molar-refractivity contribution is 0.0694. The topological polar surface area (TPSA) is 102 Å². The Labute approximate surface area is 116 Å². The number of aromatic carboxylic acids is 1. The van der Waals surface area contributed by atoms with Crippen molar-refractivity contribution in [2.24, 2.45) is 0 Å². The molecule has 0 amide bonds. The van der Waals surface area contributed by atoms with Crippen molar-refractivity contribution in [2.45, 2.75) is 18.1 Å². The minimum Gasteiger partial charge on any atom is -0.497 e. The molecule has 1 aromatic rings. The average molecular weight is 301 g/mol. The minimum atomic E-state index is -3.57. The van der Waals surface area contributed by atoms with E-state index in [-0.39, 0.29) is 17.0 Å². The van der Waals surface area contributed by atoms with Crippen molar-refractivity contribution in [3.05, 3.63) is 17.7 Å². The van der Waals surface area contributed by atoms with Gasteiger partial charge in [-0.25, -0.2) is 13.2 Å². The predicted octanol–water partition coefficient (Wildman–Crippen LogP) is 1.31. The largest absolute Gasteiger partial charge is 0.497 e. The molecule has 7 nitrogen and oxygen atoms in total. The Kier molecular flexibility index (Phi) is 3.76. The highest BCUT2D eigenvalue weighted by Crippen LogP contribution is 2.36. The van der Waals surface area contributed by atoms with Crippen molar-refractivity contribution >= 4 is 21.7 Å². The van der Waals surface area contributed by atoms with Gasteiger partial charge in [0.15, 0.2) is 0 Å². The van der Waals surface area contributed by atoms with Crippen LogP contribution in [0.1, 0.15) is 23.2 Å². The molecule has 1 aromatic carbocycles. The van der Waals surface area contributed by atoms with Crippen LogP contribution in [0.15, 0.2) is 12.1 Å². The monoisotopic (exact) mass is 301 g/mol. The highest BCUT2D eigenvalue weighted by molar-refractivity contribution is 7.93. The van der Waals surface area contributed by atoms with Gasteiger partial charge in [-0.15, -0.1) is 0 Å². The van der Waals surface area contributed by atoms with Crippen molar-refractivity contribution < 1.29 is 27.8 Å². The van der Waals surface area contributed by atoms with Crippen LogP contribution in [0.5, 0.6) is 11.5 Å². The molecule has 8 heteroatoms. The molecule has 0 bridgehead atoms. The second-order valence-electron chi connectivity index (χ2n) is 4.40. The van der Waals surface area contributed by atoms with Crippen LogP contribution in [0, 0.1) is 0 Å². The van der Waals surface area contributed by atoms with Gasteiger partial charge >= 0.3 is 5.97 Å². The summed E-state index contributed by atoms with van der Waals surface area (Å²) >= 11 is 0. The number of benzene rings is 1. The highest BCUT2D eigenvalue weighted by atomic mass is 32.2. The van der Waals surface area contributed by atoms with Gasteiger partial charge in [0.2, 0.25) is 10.0 Å². The van der Waals surface area contributed by atoms with Crippen molar-refractivity contribution in [3.8, 4) is 11.5 Å². The van der Waals surface area contributed by atoms with E-state index in [9.17, 15) is 18.3 Å². The molecule has 2 rings (SSSR count). The number of carboxylic acids is 1. The molecule has 1 aliphatic carbocycles. The van der Waals surface area contributed by atoms with Crippen LogP contribution in [-0.4, -0.2) is 39.0 Å². The zero-order chi connectivity index (χ0) is 14.9. The second kappa shape index (κ2) is 5.20. The maximum absolute atomic E-state index is 12.0. The molecule has 0 heterocycles. The first-order chi connectivity index (χ1) is 9.39. The third kappa shape index (κ3) is 2.79. The second-order valence-corrected chi connectivity index (χ2v) is 6.36. The van der Waals surface area contributed by atoms with Gasteiger partial charge in [0.25, 0.3) is 0 Å². The van der Waals surface area contributed by atoms with E-state index in [2.05, 4.69) is 4.72 Å². The molecule has 0 radical (unpaired) electrons. The van der Waals surface area contributed by atoms with Gasteiger partial charge in [0, 0.05) is 12.1 Å². The van der Waals surface area contributed by atoms with E-state index in [0.29, 0.717) is 18.6 Å². The van der Waals surface area contributed by atoms with Crippen LogP contribution in [0.4, 0.5) is 5.69 Å². The van der Waals surface area contributed by atoms with Gasteiger partial charge < -0.3 is 14.6 Å². The van der Waals surface area contributed by atoms with Crippen LogP contribution in [0.3, 0.4) is 0 Å². The summed E-state index contributed by atoms with van der Waals surface area (Å²) in [6.45, 7) is 0. The predicted molar refractivity (Wildman–Crippen MR) is 72.1 cm³/mol. The van der Waals surface area contributed by atoms with Crippen LogP contribution in [-0.2, 0) is 10.0 Å². The smallest absolute Gasteiger partial charge is 0.341 e. The molecule has 1 aliphatic rings. The Balaban J connectivity index is 2.51. The number of hydrogen-bond acceptors (Lipinski definition) is 5. The van der Waals surface area contributed by atoms with Crippen LogP contribution < -0.4 is 14.2 Å². The van der Waals surface area contributed by atoms with E-state index >= 15 is 0 Å². The molecular weight excluding hydrogens is 286 g/mol. The molecule has 1 fully saturated rings. The van der Waals surface area contributed by atoms with E-state index < -0.39 is 21.2 Å². The quantitative estimate of drug-likeness (QED) is 0.821. The van der Waals surface area contributed by atoms with Crippen molar-refractivity contribution in [3.63, 3.8) is 0 Å². The lowest BCUT2D eigenvalue weighted by Crippen LogP contribution is -2.19. The van der Waals surface area contributed by atoms with E-state index in [1.807, 2.05) is 0 Å². The average Bonchev–Trinajstić information content (AvgIpc) is 3.21. The number of carbonyl (C=O) groups is 1. The summed E-state index contributed by atoms with van der Waals surface area (Å²) in [6, 6.07) is 2.71. The fourth-order valence-electron chi connectivity index (χ4n) is 1.79. The number of nitrogens with one attached hydrogen (secondary N) is 1.